The fourth-order valence-corrected chi connectivity index (χ4v) is 4.48. The van der Waals surface area contributed by atoms with Crippen molar-refractivity contribution in [3.05, 3.63) is 71.3 Å². The average Bonchev–Trinajstić information content (AvgIpc) is 3.25. The Kier molecular flexibility index (Phi) is 4.69. The summed E-state index contributed by atoms with van der Waals surface area (Å²) < 4.78 is 1.81. The number of carbonyl (C=O) groups excluding carboxylic acids is 1. The van der Waals surface area contributed by atoms with Crippen molar-refractivity contribution in [2.75, 3.05) is 13.1 Å². The number of carbonyl (C=O) groups is 1. The molecule has 0 bridgehead atoms. The molecule has 1 aliphatic heterocycles. The summed E-state index contributed by atoms with van der Waals surface area (Å²) in [6, 6.07) is 14.6. The maximum Gasteiger partial charge on any atom is 0.253 e. The number of rotatable bonds is 3. The third-order valence-electron chi connectivity index (χ3n) is 6.09. The number of nitrogens with zero attached hydrogens (tertiary/aromatic N) is 5. The highest BCUT2D eigenvalue weighted by Crippen LogP contribution is 2.29. The van der Waals surface area contributed by atoms with Crippen LogP contribution in [0.2, 0.25) is 0 Å². The first-order valence-corrected chi connectivity index (χ1v) is 10.6. The first-order chi connectivity index (χ1) is 14.6. The van der Waals surface area contributed by atoms with Crippen molar-refractivity contribution in [3.63, 3.8) is 0 Å². The van der Waals surface area contributed by atoms with Gasteiger partial charge in [0.1, 0.15) is 6.33 Å². The highest BCUT2D eigenvalue weighted by atomic mass is 16.2. The molecule has 30 heavy (non-hydrogen) atoms. The van der Waals surface area contributed by atoms with E-state index >= 15 is 0 Å². The van der Waals surface area contributed by atoms with Crippen LogP contribution in [-0.2, 0) is 6.42 Å². The number of aromatic nitrogens is 4. The molecule has 0 saturated carbocycles. The maximum atomic E-state index is 13.3. The summed E-state index contributed by atoms with van der Waals surface area (Å²) >= 11 is 0. The Morgan fingerprint density at radius 3 is 2.83 bits per heavy atom. The van der Waals surface area contributed by atoms with Gasteiger partial charge in [-0.25, -0.2) is 9.50 Å². The Morgan fingerprint density at radius 2 is 1.97 bits per heavy atom. The fourth-order valence-electron chi connectivity index (χ4n) is 4.48. The Morgan fingerprint density at radius 1 is 1.13 bits per heavy atom. The lowest BCUT2D eigenvalue weighted by molar-refractivity contribution is 0.0705. The molecule has 6 nitrogen and oxygen atoms in total. The molecule has 2 aromatic carbocycles. The van der Waals surface area contributed by atoms with Crippen LogP contribution in [-0.4, -0.2) is 43.5 Å². The van der Waals surface area contributed by atoms with Crippen LogP contribution in [0.1, 0.15) is 53.0 Å². The number of likely N-dealkylation sites (tertiary alicyclic amines) is 1. The van der Waals surface area contributed by atoms with Crippen LogP contribution in [0.5, 0.6) is 0 Å². The van der Waals surface area contributed by atoms with E-state index in [9.17, 15) is 4.79 Å². The molecule has 0 spiro atoms. The van der Waals surface area contributed by atoms with Crippen molar-refractivity contribution in [1.29, 1.82) is 0 Å². The molecule has 0 aliphatic carbocycles. The van der Waals surface area contributed by atoms with Gasteiger partial charge in [-0.3, -0.25) is 4.79 Å². The summed E-state index contributed by atoms with van der Waals surface area (Å²) in [5.74, 6) is 0.942. The van der Waals surface area contributed by atoms with Crippen molar-refractivity contribution in [2.45, 2.75) is 39.0 Å². The molecule has 1 fully saturated rings. The third kappa shape index (κ3) is 3.32. The topological polar surface area (TPSA) is 63.4 Å². The monoisotopic (exact) mass is 399 g/mol. The standard InChI is InChI=1S/C24H25N5O/c1-3-17-6-7-19-13-20(9-8-18(19)12-17)23(30)28-10-4-5-21(14-28)22-11-16(2)27-24-25-15-26-29(22)24/h6-9,11-13,15,21H,3-5,10,14H2,1-2H3. The molecule has 0 radical (unpaired) electrons. The number of hydrogen-bond donors (Lipinski definition) is 0. The van der Waals surface area contributed by atoms with Crippen molar-refractivity contribution >= 4 is 22.5 Å². The molecular formula is C24H25N5O. The molecule has 5 rings (SSSR count). The Balaban J connectivity index is 1.42. The van der Waals surface area contributed by atoms with E-state index in [2.05, 4.69) is 52.3 Å². The van der Waals surface area contributed by atoms with E-state index in [1.165, 1.54) is 17.3 Å². The lowest BCUT2D eigenvalue weighted by Crippen LogP contribution is -2.39. The molecule has 0 N–H and O–H groups in total. The Bertz CT molecular complexity index is 1250. The predicted octanol–water partition coefficient (Wildman–Crippen LogP) is 4.17. The van der Waals surface area contributed by atoms with Gasteiger partial charge < -0.3 is 4.90 Å². The highest BCUT2D eigenvalue weighted by molar-refractivity contribution is 5.98. The maximum absolute atomic E-state index is 13.3. The minimum absolute atomic E-state index is 0.0989. The molecule has 2 aromatic heterocycles. The van der Waals surface area contributed by atoms with Gasteiger partial charge in [0.05, 0.1) is 5.69 Å². The molecule has 6 heteroatoms. The van der Waals surface area contributed by atoms with Gasteiger partial charge in [-0.05, 0) is 60.7 Å². The zero-order valence-electron chi connectivity index (χ0n) is 17.4. The van der Waals surface area contributed by atoms with E-state index < -0.39 is 0 Å². The minimum Gasteiger partial charge on any atom is -0.338 e. The van der Waals surface area contributed by atoms with Gasteiger partial charge in [-0.1, -0.05) is 31.2 Å². The first kappa shape index (κ1) is 18.7. The van der Waals surface area contributed by atoms with Crippen LogP contribution in [0.15, 0.2) is 48.8 Å². The zero-order chi connectivity index (χ0) is 20.7. The second kappa shape index (κ2) is 7.52. The van der Waals surface area contributed by atoms with Gasteiger partial charge in [0.25, 0.3) is 11.7 Å². The summed E-state index contributed by atoms with van der Waals surface area (Å²) in [6.45, 7) is 5.60. The lowest BCUT2D eigenvalue weighted by atomic mass is 9.93. The number of benzene rings is 2. The zero-order valence-corrected chi connectivity index (χ0v) is 17.4. The molecule has 1 atom stereocenters. The summed E-state index contributed by atoms with van der Waals surface area (Å²) in [5.41, 5.74) is 4.07. The van der Waals surface area contributed by atoms with E-state index in [0.29, 0.717) is 12.3 Å². The summed E-state index contributed by atoms with van der Waals surface area (Å²) in [4.78, 5) is 24.0. The largest absolute Gasteiger partial charge is 0.338 e. The number of piperidine rings is 1. The van der Waals surface area contributed by atoms with Crippen LogP contribution in [0.25, 0.3) is 16.6 Å². The van der Waals surface area contributed by atoms with Gasteiger partial charge in [-0.15, -0.1) is 0 Å². The van der Waals surface area contributed by atoms with E-state index in [0.717, 1.165) is 48.1 Å². The quantitative estimate of drug-likeness (QED) is 0.519. The van der Waals surface area contributed by atoms with Crippen LogP contribution >= 0.6 is 0 Å². The summed E-state index contributed by atoms with van der Waals surface area (Å²) in [5, 5.41) is 6.65. The van der Waals surface area contributed by atoms with Crippen molar-refractivity contribution in [3.8, 4) is 0 Å². The van der Waals surface area contributed by atoms with E-state index in [1.807, 2.05) is 28.5 Å². The SMILES string of the molecule is CCc1ccc2cc(C(=O)N3CCCC(c4cc(C)nc5ncnn45)C3)ccc2c1. The molecule has 1 unspecified atom stereocenters. The minimum atomic E-state index is 0.0989. The van der Waals surface area contributed by atoms with Crippen molar-refractivity contribution in [2.24, 2.45) is 0 Å². The molecule has 1 amide bonds. The van der Waals surface area contributed by atoms with Crippen molar-refractivity contribution in [1.82, 2.24) is 24.5 Å². The van der Waals surface area contributed by atoms with Crippen LogP contribution in [0.3, 0.4) is 0 Å². The first-order valence-electron chi connectivity index (χ1n) is 10.6. The summed E-state index contributed by atoms with van der Waals surface area (Å²) in [7, 11) is 0. The third-order valence-corrected chi connectivity index (χ3v) is 6.09. The van der Waals surface area contributed by atoms with Crippen LogP contribution in [0.4, 0.5) is 0 Å². The molecule has 3 heterocycles. The lowest BCUT2D eigenvalue weighted by Gasteiger charge is -2.33. The van der Waals surface area contributed by atoms with Gasteiger partial charge >= 0.3 is 0 Å². The Labute approximate surface area is 175 Å². The fraction of sp³-hybridized carbons (Fsp3) is 0.333. The second-order valence-corrected chi connectivity index (χ2v) is 8.13. The summed E-state index contributed by atoms with van der Waals surface area (Å²) in [6.07, 6.45) is 4.55. The van der Waals surface area contributed by atoms with Crippen LogP contribution in [0, 0.1) is 6.92 Å². The van der Waals surface area contributed by atoms with E-state index in [4.69, 9.17) is 0 Å². The van der Waals surface area contributed by atoms with E-state index in [1.54, 1.807) is 0 Å². The van der Waals surface area contributed by atoms with Crippen LogP contribution < -0.4 is 0 Å². The number of aryl methyl sites for hydroxylation is 2. The van der Waals surface area contributed by atoms with Gasteiger partial charge in [0.15, 0.2) is 0 Å². The second-order valence-electron chi connectivity index (χ2n) is 8.13. The predicted molar refractivity (Wildman–Crippen MR) is 117 cm³/mol. The number of amides is 1. The molecule has 1 saturated heterocycles. The normalized spacial score (nSPS) is 17.0. The number of hydrogen-bond acceptors (Lipinski definition) is 4. The van der Waals surface area contributed by atoms with Gasteiger partial charge in [0, 0.05) is 30.3 Å². The van der Waals surface area contributed by atoms with E-state index in [-0.39, 0.29) is 11.8 Å². The molecular weight excluding hydrogens is 374 g/mol. The Hall–Kier alpha value is -3.28. The smallest absolute Gasteiger partial charge is 0.253 e. The molecule has 4 aromatic rings. The van der Waals surface area contributed by atoms with Gasteiger partial charge in [-0.2, -0.15) is 10.1 Å². The highest BCUT2D eigenvalue weighted by Gasteiger charge is 2.27. The molecule has 1 aliphatic rings. The average molecular weight is 399 g/mol. The molecule has 152 valence electrons. The van der Waals surface area contributed by atoms with Crippen molar-refractivity contribution < 1.29 is 4.79 Å². The number of fused-ring (bicyclic) bond motifs is 2. The van der Waals surface area contributed by atoms with Gasteiger partial charge in [0.2, 0.25) is 0 Å².